The van der Waals surface area contributed by atoms with Crippen molar-refractivity contribution >= 4 is 12.2 Å². The molecule has 1 saturated heterocycles. The number of ether oxygens (including phenoxy) is 1. The van der Waals surface area contributed by atoms with E-state index in [9.17, 15) is 0 Å². The predicted molar refractivity (Wildman–Crippen MR) is 57.4 cm³/mol. The molecule has 1 aromatic carbocycles. The Balaban J connectivity index is 0.000000236. The van der Waals surface area contributed by atoms with Crippen LogP contribution in [-0.2, 0) is 4.74 Å². The molecule has 0 aromatic heterocycles. The minimum atomic E-state index is 1.00. The first-order chi connectivity index (χ1) is 6.38. The summed E-state index contributed by atoms with van der Waals surface area (Å²) in [5.41, 5.74) is 2.27. The molecular formula is C12H14O. The van der Waals surface area contributed by atoms with Crippen LogP contribution in [0.4, 0.5) is 0 Å². The van der Waals surface area contributed by atoms with Crippen molar-refractivity contribution in [2.75, 3.05) is 13.2 Å². The number of rotatable bonds is 2. The fourth-order valence-electron chi connectivity index (χ4n) is 0.883. The van der Waals surface area contributed by atoms with E-state index in [2.05, 4.69) is 17.9 Å². The molecule has 68 valence electrons. The first-order valence-corrected chi connectivity index (χ1v) is 4.30. The SMILES string of the molecule is C1CO1.C=Cc1ccccc1C=C. The highest BCUT2D eigenvalue weighted by Gasteiger charge is 1.94. The van der Waals surface area contributed by atoms with Crippen LogP contribution >= 0.6 is 0 Å². The summed E-state index contributed by atoms with van der Waals surface area (Å²) >= 11 is 0. The minimum absolute atomic E-state index is 1.00. The van der Waals surface area contributed by atoms with Crippen LogP contribution in [0, 0.1) is 0 Å². The van der Waals surface area contributed by atoms with Gasteiger partial charge in [-0.1, -0.05) is 49.6 Å². The summed E-state index contributed by atoms with van der Waals surface area (Å²) in [4.78, 5) is 0. The maximum Gasteiger partial charge on any atom is 0.0701 e. The van der Waals surface area contributed by atoms with E-state index in [0.29, 0.717) is 0 Å². The Morgan fingerprint density at radius 2 is 1.38 bits per heavy atom. The van der Waals surface area contributed by atoms with Crippen molar-refractivity contribution in [2.45, 2.75) is 0 Å². The Morgan fingerprint density at radius 3 is 1.62 bits per heavy atom. The fourth-order valence-corrected chi connectivity index (χ4v) is 0.883. The molecule has 1 heteroatoms. The van der Waals surface area contributed by atoms with Gasteiger partial charge in [0.25, 0.3) is 0 Å². The average Bonchev–Trinajstić information content (AvgIpc) is 3.04. The highest BCUT2D eigenvalue weighted by Crippen LogP contribution is 2.10. The van der Waals surface area contributed by atoms with Crippen molar-refractivity contribution in [3.8, 4) is 0 Å². The van der Waals surface area contributed by atoms with Gasteiger partial charge in [-0.15, -0.1) is 0 Å². The molecule has 0 saturated carbocycles. The second-order valence-corrected chi connectivity index (χ2v) is 2.65. The average molecular weight is 174 g/mol. The van der Waals surface area contributed by atoms with Crippen LogP contribution in [0.25, 0.3) is 12.2 Å². The van der Waals surface area contributed by atoms with E-state index in [1.54, 1.807) is 0 Å². The molecule has 1 aliphatic rings. The Kier molecular flexibility index (Phi) is 4.00. The van der Waals surface area contributed by atoms with Gasteiger partial charge >= 0.3 is 0 Å². The van der Waals surface area contributed by atoms with Gasteiger partial charge in [0.15, 0.2) is 0 Å². The van der Waals surface area contributed by atoms with Gasteiger partial charge < -0.3 is 4.74 Å². The van der Waals surface area contributed by atoms with Gasteiger partial charge in [0.2, 0.25) is 0 Å². The van der Waals surface area contributed by atoms with Crippen LogP contribution in [0.3, 0.4) is 0 Å². The molecule has 1 heterocycles. The van der Waals surface area contributed by atoms with Crippen LogP contribution < -0.4 is 0 Å². The van der Waals surface area contributed by atoms with Crippen LogP contribution in [0.1, 0.15) is 11.1 Å². The summed E-state index contributed by atoms with van der Waals surface area (Å²) in [5.74, 6) is 0. The molecule has 0 N–H and O–H groups in total. The zero-order valence-corrected chi connectivity index (χ0v) is 7.70. The van der Waals surface area contributed by atoms with Crippen LogP contribution in [0.15, 0.2) is 37.4 Å². The molecule has 2 rings (SSSR count). The molecule has 0 amide bonds. The van der Waals surface area contributed by atoms with Gasteiger partial charge in [-0.3, -0.25) is 0 Å². The predicted octanol–water partition coefficient (Wildman–Crippen LogP) is 2.99. The number of hydrogen-bond donors (Lipinski definition) is 0. The summed E-state index contributed by atoms with van der Waals surface area (Å²) in [5, 5.41) is 0. The molecule has 0 atom stereocenters. The summed E-state index contributed by atoms with van der Waals surface area (Å²) < 4.78 is 4.50. The number of benzene rings is 1. The largest absolute Gasteiger partial charge is 0.377 e. The maximum atomic E-state index is 4.50. The molecule has 1 nitrogen and oxygen atoms in total. The first kappa shape index (κ1) is 9.75. The summed E-state index contributed by atoms with van der Waals surface area (Å²) in [6.45, 7) is 9.38. The van der Waals surface area contributed by atoms with E-state index < -0.39 is 0 Å². The smallest absolute Gasteiger partial charge is 0.0701 e. The van der Waals surface area contributed by atoms with Gasteiger partial charge in [-0.2, -0.15) is 0 Å². The minimum Gasteiger partial charge on any atom is -0.377 e. The second kappa shape index (κ2) is 5.33. The van der Waals surface area contributed by atoms with Crippen LogP contribution in [-0.4, -0.2) is 13.2 Å². The van der Waals surface area contributed by atoms with E-state index in [4.69, 9.17) is 0 Å². The highest BCUT2D eigenvalue weighted by molar-refractivity contribution is 5.63. The standard InChI is InChI=1S/C10H10.C2H4O/c1-3-9-7-5-6-8-10(9)4-2;1-2-3-1/h3-8H,1-2H2;1-2H2. The lowest BCUT2D eigenvalue weighted by Crippen LogP contribution is -1.76. The molecule has 1 fully saturated rings. The molecule has 1 aliphatic heterocycles. The summed E-state index contributed by atoms with van der Waals surface area (Å²) in [6, 6.07) is 8.02. The molecular weight excluding hydrogens is 160 g/mol. The quantitative estimate of drug-likeness (QED) is 0.628. The molecule has 0 aliphatic carbocycles. The van der Waals surface area contributed by atoms with E-state index in [1.165, 1.54) is 0 Å². The van der Waals surface area contributed by atoms with Gasteiger partial charge in [-0.05, 0) is 11.1 Å². The lowest BCUT2D eigenvalue weighted by molar-refractivity contribution is 0.475. The summed E-state index contributed by atoms with van der Waals surface area (Å²) in [6.07, 6.45) is 3.66. The van der Waals surface area contributed by atoms with Crippen molar-refractivity contribution in [3.63, 3.8) is 0 Å². The van der Waals surface area contributed by atoms with Crippen LogP contribution in [0.5, 0.6) is 0 Å². The van der Waals surface area contributed by atoms with E-state index in [1.807, 2.05) is 36.4 Å². The van der Waals surface area contributed by atoms with E-state index in [0.717, 1.165) is 24.3 Å². The molecule has 13 heavy (non-hydrogen) atoms. The molecule has 0 spiro atoms. The number of hydrogen-bond acceptors (Lipinski definition) is 1. The van der Waals surface area contributed by atoms with E-state index in [-0.39, 0.29) is 0 Å². The summed E-state index contributed by atoms with van der Waals surface area (Å²) in [7, 11) is 0. The Bertz CT molecular complexity index is 257. The third-order valence-electron chi connectivity index (χ3n) is 1.64. The van der Waals surface area contributed by atoms with Gasteiger partial charge in [0.05, 0.1) is 13.2 Å². The molecule has 0 bridgehead atoms. The number of epoxide rings is 1. The van der Waals surface area contributed by atoms with Crippen LogP contribution in [0.2, 0.25) is 0 Å². The van der Waals surface area contributed by atoms with Crippen molar-refractivity contribution in [2.24, 2.45) is 0 Å². The molecule has 0 radical (unpaired) electrons. The van der Waals surface area contributed by atoms with Crippen molar-refractivity contribution < 1.29 is 4.74 Å². The zero-order chi connectivity index (χ0) is 9.52. The Hall–Kier alpha value is -1.34. The van der Waals surface area contributed by atoms with Gasteiger partial charge in [0.1, 0.15) is 0 Å². The van der Waals surface area contributed by atoms with Crippen molar-refractivity contribution in [1.82, 2.24) is 0 Å². The van der Waals surface area contributed by atoms with Gasteiger partial charge in [-0.25, -0.2) is 0 Å². The lowest BCUT2D eigenvalue weighted by Gasteiger charge is -1.96. The molecule has 1 aromatic rings. The van der Waals surface area contributed by atoms with Crippen molar-refractivity contribution in [3.05, 3.63) is 48.6 Å². The van der Waals surface area contributed by atoms with Crippen molar-refractivity contribution in [1.29, 1.82) is 0 Å². The molecule has 0 unspecified atom stereocenters. The Morgan fingerprint density at radius 1 is 1.00 bits per heavy atom. The van der Waals surface area contributed by atoms with E-state index >= 15 is 0 Å². The normalized spacial score (nSPS) is 12.3. The third kappa shape index (κ3) is 3.72. The second-order valence-electron chi connectivity index (χ2n) is 2.65. The lowest BCUT2D eigenvalue weighted by atomic mass is 10.1. The Labute approximate surface area is 79.4 Å². The zero-order valence-electron chi connectivity index (χ0n) is 7.70. The van der Waals surface area contributed by atoms with Gasteiger partial charge in [0, 0.05) is 0 Å². The first-order valence-electron chi connectivity index (χ1n) is 4.30. The topological polar surface area (TPSA) is 12.5 Å². The highest BCUT2D eigenvalue weighted by atomic mass is 16.6. The third-order valence-corrected chi connectivity index (χ3v) is 1.64. The monoisotopic (exact) mass is 174 g/mol. The fraction of sp³-hybridized carbons (Fsp3) is 0.167. The maximum absolute atomic E-state index is 4.50.